The van der Waals surface area contributed by atoms with Crippen LogP contribution in [0.3, 0.4) is 0 Å². The van der Waals surface area contributed by atoms with Crippen LogP contribution in [0.4, 0.5) is 17.5 Å². The van der Waals surface area contributed by atoms with Crippen molar-refractivity contribution in [1.82, 2.24) is 15.0 Å². The summed E-state index contributed by atoms with van der Waals surface area (Å²) in [6, 6.07) is 6.07. The van der Waals surface area contributed by atoms with Crippen molar-refractivity contribution in [2.45, 2.75) is 24.4 Å². The van der Waals surface area contributed by atoms with Gasteiger partial charge >= 0.3 is 0 Å². The van der Waals surface area contributed by atoms with Gasteiger partial charge in [0, 0.05) is 41.4 Å². The smallest absolute Gasteiger partial charge is 0.222 e. The van der Waals surface area contributed by atoms with Gasteiger partial charge in [0.15, 0.2) is 11.4 Å². The third-order valence-corrected chi connectivity index (χ3v) is 6.97. The van der Waals surface area contributed by atoms with E-state index in [2.05, 4.69) is 37.8 Å². The molecule has 9 heteroatoms. The Bertz CT molecular complexity index is 1200. The van der Waals surface area contributed by atoms with Crippen LogP contribution in [0.1, 0.15) is 29.5 Å². The van der Waals surface area contributed by atoms with E-state index in [-0.39, 0.29) is 11.4 Å². The predicted molar refractivity (Wildman–Crippen MR) is 121 cm³/mol. The number of fused-ring (bicyclic) bond motifs is 2. The summed E-state index contributed by atoms with van der Waals surface area (Å²) in [7, 11) is 0. The molecule has 3 N–H and O–H groups in total. The minimum Gasteiger partial charge on any atom is -0.380 e. The van der Waals surface area contributed by atoms with E-state index in [1.54, 1.807) is 13.1 Å². The zero-order valence-electron chi connectivity index (χ0n) is 16.8. The maximum absolute atomic E-state index is 10.7. The van der Waals surface area contributed by atoms with E-state index in [0.717, 1.165) is 17.7 Å². The third-order valence-electron chi connectivity index (χ3n) is 5.72. The van der Waals surface area contributed by atoms with E-state index in [4.69, 9.17) is 22.1 Å². The van der Waals surface area contributed by atoms with Gasteiger partial charge in [0.1, 0.15) is 10.0 Å². The molecule has 0 saturated carbocycles. The molecule has 31 heavy (non-hydrogen) atoms. The van der Waals surface area contributed by atoms with Crippen molar-refractivity contribution in [3.8, 4) is 11.8 Å². The quantitative estimate of drug-likeness (QED) is 0.575. The molecule has 2 aliphatic rings. The molecular weight excluding hydrogens is 434 g/mol. The highest BCUT2D eigenvalue weighted by Crippen LogP contribution is 2.49. The number of halogens is 1. The molecule has 1 spiro atoms. The standard InChI is InChI=1S/C22H20ClN5O2S/c1-21(29,19-25-7-9-31-19)5-4-14-2-3-15-17(10-14)28(12-22(15)6-8-30-13-22)18-16(23)11-26-20(24)27-18/h2-3,7,9-11,29H,6,8,12-13H2,1H3,(H2,24,26,27)/t21?,22-/m1/s1. The number of nitrogen functional groups attached to an aromatic ring is 1. The van der Waals surface area contributed by atoms with E-state index >= 15 is 0 Å². The molecular formula is C22H20ClN5O2S. The van der Waals surface area contributed by atoms with Crippen LogP contribution in [-0.4, -0.2) is 39.8 Å². The van der Waals surface area contributed by atoms with Gasteiger partial charge in [-0.3, -0.25) is 0 Å². The van der Waals surface area contributed by atoms with Crippen molar-refractivity contribution in [2.75, 3.05) is 30.4 Å². The largest absolute Gasteiger partial charge is 0.380 e. The second-order valence-electron chi connectivity index (χ2n) is 7.96. The number of anilines is 3. The second-order valence-corrected chi connectivity index (χ2v) is 9.26. The maximum Gasteiger partial charge on any atom is 0.222 e. The Kier molecular flexibility index (Phi) is 4.87. The molecule has 1 unspecified atom stereocenters. The van der Waals surface area contributed by atoms with E-state index in [9.17, 15) is 5.11 Å². The SMILES string of the molecule is CC(O)(C#Cc1ccc2c(c1)N(c1nc(N)ncc1Cl)C[C@@]21CCOC1)c1nccs1. The van der Waals surface area contributed by atoms with Gasteiger partial charge in [0.25, 0.3) is 0 Å². The van der Waals surface area contributed by atoms with Gasteiger partial charge < -0.3 is 20.5 Å². The lowest BCUT2D eigenvalue weighted by molar-refractivity contribution is 0.122. The fraction of sp³-hybridized carbons (Fsp3) is 0.318. The lowest BCUT2D eigenvalue weighted by atomic mass is 9.81. The fourth-order valence-corrected chi connectivity index (χ4v) is 5.01. The van der Waals surface area contributed by atoms with Crippen LogP contribution in [0.5, 0.6) is 0 Å². The Labute approximate surface area is 188 Å². The van der Waals surface area contributed by atoms with Crippen LogP contribution >= 0.6 is 22.9 Å². The number of nitrogens with zero attached hydrogens (tertiary/aromatic N) is 4. The Hall–Kier alpha value is -2.70. The Balaban J connectivity index is 1.58. The summed E-state index contributed by atoms with van der Waals surface area (Å²) in [6.07, 6.45) is 4.09. The van der Waals surface area contributed by atoms with Crippen molar-refractivity contribution in [3.63, 3.8) is 0 Å². The van der Waals surface area contributed by atoms with Gasteiger partial charge in [-0.2, -0.15) is 4.98 Å². The lowest BCUT2D eigenvalue weighted by Crippen LogP contribution is -2.32. The predicted octanol–water partition coefficient (Wildman–Crippen LogP) is 3.24. The number of aliphatic hydroxyl groups is 1. The molecule has 0 radical (unpaired) electrons. The van der Waals surface area contributed by atoms with Crippen molar-refractivity contribution >= 4 is 40.4 Å². The number of benzene rings is 1. The van der Waals surface area contributed by atoms with Gasteiger partial charge in [0.05, 0.1) is 12.8 Å². The van der Waals surface area contributed by atoms with Crippen LogP contribution in [-0.2, 0) is 15.8 Å². The Morgan fingerprint density at radius 3 is 3.00 bits per heavy atom. The summed E-state index contributed by atoms with van der Waals surface area (Å²) in [5.41, 5.74) is 7.31. The highest BCUT2D eigenvalue weighted by molar-refractivity contribution is 7.09. The number of rotatable bonds is 2. The number of ether oxygens (including phenoxy) is 1. The Morgan fingerprint density at radius 1 is 1.39 bits per heavy atom. The van der Waals surface area contributed by atoms with Crippen molar-refractivity contribution in [3.05, 3.63) is 57.1 Å². The van der Waals surface area contributed by atoms with Gasteiger partial charge in [-0.15, -0.1) is 11.3 Å². The number of hydrogen-bond acceptors (Lipinski definition) is 8. The monoisotopic (exact) mass is 453 g/mol. The highest BCUT2D eigenvalue weighted by Gasteiger charge is 2.46. The second kappa shape index (κ2) is 7.46. The van der Waals surface area contributed by atoms with Gasteiger partial charge in [-0.25, -0.2) is 9.97 Å². The molecule has 7 nitrogen and oxygen atoms in total. The van der Waals surface area contributed by atoms with E-state index < -0.39 is 5.60 Å². The molecule has 0 aliphatic carbocycles. The molecule has 0 amide bonds. The van der Waals surface area contributed by atoms with E-state index in [0.29, 0.717) is 35.6 Å². The number of thiazole rings is 1. The summed E-state index contributed by atoms with van der Waals surface area (Å²) in [5, 5.41) is 13.5. The molecule has 1 fully saturated rings. The molecule has 5 rings (SSSR count). The average Bonchev–Trinajstić information content (AvgIpc) is 3.50. The molecule has 2 aromatic heterocycles. The molecule has 2 atom stereocenters. The number of nitrogens with two attached hydrogens (primary N) is 1. The molecule has 158 valence electrons. The highest BCUT2D eigenvalue weighted by atomic mass is 35.5. The summed E-state index contributed by atoms with van der Waals surface area (Å²) < 4.78 is 5.76. The molecule has 3 aromatic rings. The zero-order valence-corrected chi connectivity index (χ0v) is 18.4. The van der Waals surface area contributed by atoms with Crippen molar-refractivity contribution in [1.29, 1.82) is 0 Å². The first kappa shape index (κ1) is 20.2. The Morgan fingerprint density at radius 2 is 2.26 bits per heavy atom. The van der Waals surface area contributed by atoms with Gasteiger partial charge in [-0.05, 0) is 31.0 Å². The third kappa shape index (κ3) is 3.54. The topological polar surface area (TPSA) is 97.4 Å². The van der Waals surface area contributed by atoms with Gasteiger partial charge in [-0.1, -0.05) is 29.5 Å². The minimum atomic E-state index is -1.32. The van der Waals surface area contributed by atoms with Crippen LogP contribution < -0.4 is 10.6 Å². The van der Waals surface area contributed by atoms with Crippen LogP contribution in [0.15, 0.2) is 36.0 Å². The average molecular weight is 454 g/mol. The van der Waals surface area contributed by atoms with Crippen LogP contribution in [0.2, 0.25) is 5.02 Å². The van der Waals surface area contributed by atoms with Crippen molar-refractivity contribution in [2.24, 2.45) is 0 Å². The zero-order chi connectivity index (χ0) is 21.6. The molecule has 1 saturated heterocycles. The summed E-state index contributed by atoms with van der Waals surface area (Å²) in [5.74, 6) is 6.78. The summed E-state index contributed by atoms with van der Waals surface area (Å²) in [4.78, 5) is 14.6. The summed E-state index contributed by atoms with van der Waals surface area (Å²) in [6.45, 7) is 3.68. The first-order valence-electron chi connectivity index (χ1n) is 9.81. The number of hydrogen-bond donors (Lipinski definition) is 2. The number of aromatic nitrogens is 3. The first-order valence-corrected chi connectivity index (χ1v) is 11.1. The van der Waals surface area contributed by atoms with Crippen LogP contribution in [0, 0.1) is 11.8 Å². The lowest BCUT2D eigenvalue weighted by Gasteiger charge is -2.24. The van der Waals surface area contributed by atoms with Gasteiger partial charge in [0.2, 0.25) is 5.95 Å². The molecule has 2 aliphatic heterocycles. The fourth-order valence-electron chi connectivity index (χ4n) is 4.16. The van der Waals surface area contributed by atoms with Crippen LogP contribution in [0.25, 0.3) is 0 Å². The minimum absolute atomic E-state index is 0.128. The van der Waals surface area contributed by atoms with E-state index in [1.807, 2.05) is 17.5 Å². The van der Waals surface area contributed by atoms with Crippen molar-refractivity contribution < 1.29 is 9.84 Å². The first-order chi connectivity index (χ1) is 14.9. The maximum atomic E-state index is 10.7. The molecule has 4 heterocycles. The molecule has 1 aromatic carbocycles. The normalized spacial score (nSPS) is 21.6. The summed E-state index contributed by atoms with van der Waals surface area (Å²) >= 11 is 7.81. The van der Waals surface area contributed by atoms with E-state index in [1.165, 1.54) is 23.1 Å². The molecule has 0 bridgehead atoms.